The molecule has 2 aliphatic rings. The van der Waals surface area contributed by atoms with Gasteiger partial charge in [0.25, 0.3) is 0 Å². The molecule has 0 aromatic heterocycles. The lowest BCUT2D eigenvalue weighted by Gasteiger charge is -2.40. The summed E-state index contributed by atoms with van der Waals surface area (Å²) < 4.78 is 34.1. The summed E-state index contributed by atoms with van der Waals surface area (Å²) in [5.74, 6) is 0.157. The van der Waals surface area contributed by atoms with Gasteiger partial charge in [-0.25, -0.2) is 4.57 Å². The molecule has 1 aromatic rings. The molecule has 2 aliphatic heterocycles. The average molecular weight is 285 g/mol. The lowest BCUT2D eigenvalue weighted by atomic mass is 9.94. The zero-order chi connectivity index (χ0) is 13.3. The highest BCUT2D eigenvalue weighted by molar-refractivity contribution is 7.48. The van der Waals surface area contributed by atoms with E-state index in [0.29, 0.717) is 6.54 Å². The minimum absolute atomic E-state index is 0.157. The smallest absolute Gasteiger partial charge is 0.296 e. The fourth-order valence-corrected chi connectivity index (χ4v) is 3.69. The summed E-state index contributed by atoms with van der Waals surface area (Å²) in [5, 5.41) is 0. The number of hydrogen-bond donors (Lipinski definition) is 0. The molecule has 104 valence electrons. The van der Waals surface area contributed by atoms with Crippen LogP contribution in [0.15, 0.2) is 30.3 Å². The van der Waals surface area contributed by atoms with Crippen molar-refractivity contribution in [3.05, 3.63) is 35.9 Å². The van der Waals surface area contributed by atoms with E-state index in [9.17, 15) is 8.76 Å². The Morgan fingerprint density at radius 1 is 1.37 bits per heavy atom. The second-order valence-corrected chi connectivity index (χ2v) is 6.47. The van der Waals surface area contributed by atoms with E-state index >= 15 is 0 Å². The summed E-state index contributed by atoms with van der Waals surface area (Å²) in [7, 11) is -4.31. The SMILES string of the molecule is O=[P@]1(F)OC[C@H]2CCN(Cc3ccccc3)C[C@@H]2O1. The van der Waals surface area contributed by atoms with E-state index in [4.69, 9.17) is 4.52 Å². The predicted octanol–water partition coefficient (Wildman–Crippen LogP) is 3.00. The number of halogens is 1. The first-order valence-electron chi connectivity index (χ1n) is 6.51. The van der Waals surface area contributed by atoms with Gasteiger partial charge in [-0.05, 0) is 18.5 Å². The van der Waals surface area contributed by atoms with Crippen LogP contribution in [-0.2, 0) is 20.2 Å². The molecule has 0 unspecified atom stereocenters. The van der Waals surface area contributed by atoms with Crippen LogP contribution >= 0.6 is 7.91 Å². The van der Waals surface area contributed by atoms with Gasteiger partial charge in [-0.1, -0.05) is 30.3 Å². The molecule has 0 aliphatic carbocycles. The van der Waals surface area contributed by atoms with Gasteiger partial charge in [-0.15, -0.1) is 4.20 Å². The van der Waals surface area contributed by atoms with E-state index in [1.807, 2.05) is 18.2 Å². The second kappa shape index (κ2) is 5.33. The van der Waals surface area contributed by atoms with E-state index in [0.717, 1.165) is 19.5 Å². The zero-order valence-electron chi connectivity index (χ0n) is 10.6. The summed E-state index contributed by atoms with van der Waals surface area (Å²) in [6.07, 6.45) is 0.569. The third kappa shape index (κ3) is 3.23. The van der Waals surface area contributed by atoms with Gasteiger partial charge in [0.1, 0.15) is 0 Å². The molecule has 3 atom stereocenters. The van der Waals surface area contributed by atoms with Gasteiger partial charge < -0.3 is 0 Å². The number of rotatable bonds is 2. The summed E-state index contributed by atoms with van der Waals surface area (Å²) in [6.45, 7) is 2.55. The zero-order valence-corrected chi connectivity index (χ0v) is 11.5. The lowest BCUT2D eigenvalue weighted by molar-refractivity contribution is -0.0378. The molecule has 2 fully saturated rings. The van der Waals surface area contributed by atoms with Crippen LogP contribution < -0.4 is 0 Å². The average Bonchev–Trinajstić information content (AvgIpc) is 2.38. The van der Waals surface area contributed by atoms with Crippen LogP contribution in [0.25, 0.3) is 0 Å². The molecule has 0 amide bonds. The Kier molecular flexibility index (Phi) is 3.72. The van der Waals surface area contributed by atoms with Gasteiger partial charge in [-0.3, -0.25) is 13.9 Å². The van der Waals surface area contributed by atoms with Crippen LogP contribution in [-0.4, -0.2) is 30.7 Å². The van der Waals surface area contributed by atoms with Gasteiger partial charge in [-0.2, -0.15) is 0 Å². The van der Waals surface area contributed by atoms with Crippen molar-refractivity contribution in [2.45, 2.75) is 19.1 Å². The van der Waals surface area contributed by atoms with Crippen molar-refractivity contribution >= 4 is 7.91 Å². The number of nitrogens with zero attached hydrogens (tertiary/aromatic N) is 1. The molecule has 0 radical (unpaired) electrons. The van der Waals surface area contributed by atoms with Crippen molar-refractivity contribution in [3.8, 4) is 0 Å². The van der Waals surface area contributed by atoms with E-state index in [1.165, 1.54) is 5.56 Å². The Labute approximate surface area is 112 Å². The summed E-state index contributed by atoms with van der Waals surface area (Å²) in [4.78, 5) is 2.21. The van der Waals surface area contributed by atoms with Crippen molar-refractivity contribution in [3.63, 3.8) is 0 Å². The fraction of sp³-hybridized carbons (Fsp3) is 0.538. The van der Waals surface area contributed by atoms with Crippen molar-refractivity contribution in [2.24, 2.45) is 5.92 Å². The maximum Gasteiger partial charge on any atom is 0.513 e. The summed E-state index contributed by atoms with van der Waals surface area (Å²) in [6, 6.07) is 10.1. The van der Waals surface area contributed by atoms with E-state index in [2.05, 4.69) is 21.6 Å². The second-order valence-electron chi connectivity index (χ2n) is 5.14. The quantitative estimate of drug-likeness (QED) is 0.783. The predicted molar refractivity (Wildman–Crippen MR) is 69.4 cm³/mol. The highest BCUT2D eigenvalue weighted by Crippen LogP contribution is 2.55. The highest BCUT2D eigenvalue weighted by Gasteiger charge is 2.42. The standard InChI is InChI=1S/C13H17FNO3P/c14-19(16)17-10-12-6-7-15(9-13(12)18-19)8-11-4-2-1-3-5-11/h1-5,12-13H,6-10H2/t12-,13+,19-/m1/s1. The van der Waals surface area contributed by atoms with Gasteiger partial charge in [0.2, 0.25) is 0 Å². The first kappa shape index (κ1) is 13.3. The Morgan fingerprint density at radius 3 is 2.95 bits per heavy atom. The third-order valence-corrected chi connectivity index (χ3v) is 4.71. The maximum absolute atomic E-state index is 13.3. The number of fused-ring (bicyclic) bond motifs is 1. The highest BCUT2D eigenvalue weighted by atomic mass is 31.2. The van der Waals surface area contributed by atoms with Crippen LogP contribution in [0.1, 0.15) is 12.0 Å². The molecule has 19 heavy (non-hydrogen) atoms. The third-order valence-electron chi connectivity index (χ3n) is 3.73. The summed E-state index contributed by atoms with van der Waals surface area (Å²) >= 11 is 0. The molecular formula is C13H17FNO3P. The lowest BCUT2D eigenvalue weighted by Crippen LogP contribution is -2.47. The Bertz CT molecular complexity index is 484. The van der Waals surface area contributed by atoms with Crippen molar-refractivity contribution in [1.82, 2.24) is 4.90 Å². The molecule has 0 bridgehead atoms. The normalized spacial score (nSPS) is 35.8. The van der Waals surface area contributed by atoms with Gasteiger partial charge in [0.15, 0.2) is 0 Å². The first-order valence-corrected chi connectivity index (χ1v) is 7.95. The monoisotopic (exact) mass is 285 g/mol. The van der Waals surface area contributed by atoms with E-state index in [1.54, 1.807) is 0 Å². The largest absolute Gasteiger partial charge is 0.513 e. The van der Waals surface area contributed by atoms with Crippen molar-refractivity contribution < 1.29 is 17.8 Å². The van der Waals surface area contributed by atoms with Crippen molar-refractivity contribution in [1.29, 1.82) is 0 Å². The molecule has 6 heteroatoms. The molecule has 0 saturated carbocycles. The number of hydrogen-bond acceptors (Lipinski definition) is 4. The van der Waals surface area contributed by atoms with Crippen LogP contribution in [0.3, 0.4) is 0 Å². The number of piperidine rings is 1. The topological polar surface area (TPSA) is 38.8 Å². The molecule has 0 spiro atoms. The Morgan fingerprint density at radius 2 is 2.16 bits per heavy atom. The van der Waals surface area contributed by atoms with Gasteiger partial charge in [0.05, 0.1) is 12.7 Å². The first-order chi connectivity index (χ1) is 9.12. The minimum atomic E-state index is -4.31. The molecule has 1 aromatic carbocycles. The van der Waals surface area contributed by atoms with Crippen molar-refractivity contribution in [2.75, 3.05) is 19.7 Å². The molecule has 4 nitrogen and oxygen atoms in total. The van der Waals surface area contributed by atoms with Crippen LogP contribution in [0.2, 0.25) is 0 Å². The maximum atomic E-state index is 13.3. The Hall–Kier alpha value is -0.740. The van der Waals surface area contributed by atoms with Crippen LogP contribution in [0.5, 0.6) is 0 Å². The number of likely N-dealkylation sites (tertiary alicyclic amines) is 1. The molecule has 3 rings (SSSR count). The van der Waals surface area contributed by atoms with Gasteiger partial charge >= 0.3 is 7.91 Å². The molecule has 2 heterocycles. The molecule has 0 N–H and O–H groups in total. The Balaban J connectivity index is 1.63. The van der Waals surface area contributed by atoms with E-state index < -0.39 is 7.91 Å². The summed E-state index contributed by atoms with van der Waals surface area (Å²) in [5.41, 5.74) is 1.22. The molecule has 2 saturated heterocycles. The fourth-order valence-electron chi connectivity index (χ4n) is 2.70. The molecular weight excluding hydrogens is 268 g/mol. The van der Waals surface area contributed by atoms with Gasteiger partial charge in [0, 0.05) is 19.0 Å². The van der Waals surface area contributed by atoms with Crippen LogP contribution in [0.4, 0.5) is 4.20 Å². The minimum Gasteiger partial charge on any atom is -0.296 e. The van der Waals surface area contributed by atoms with Crippen LogP contribution in [0, 0.1) is 5.92 Å². The number of benzene rings is 1. The van der Waals surface area contributed by atoms with E-state index in [-0.39, 0.29) is 18.6 Å².